The van der Waals surface area contributed by atoms with E-state index in [1.165, 1.54) is 32.7 Å². The Morgan fingerprint density at radius 1 is 0.711 bits per heavy atom. The smallest absolute Gasteiger partial charge is 0.113 e. The van der Waals surface area contributed by atoms with Crippen molar-refractivity contribution in [1.82, 2.24) is 15.0 Å². The molecular weight excluding hydrogens is 482 g/mol. The van der Waals surface area contributed by atoms with Crippen molar-refractivity contribution in [2.75, 3.05) is 6.26 Å². The number of hydrogen-bond donors (Lipinski definition) is 0. The second-order valence-electron chi connectivity index (χ2n) is 9.45. The van der Waals surface area contributed by atoms with Crippen molar-refractivity contribution < 1.29 is 0 Å². The van der Waals surface area contributed by atoms with E-state index in [0.29, 0.717) is 0 Å². The maximum absolute atomic E-state index is 4.72. The molecule has 0 N–H and O–H groups in total. The standard InChI is InChI=1S/C34H28N3S/c1-38-30-22-20-27(21-23-30)26-16-18-29(19-17-26)34(37-33-15-9-8-14-32(33)35-36-37)31(28-12-6-3-7-13-28)24-25-10-4-2-5-11-25/h3-23,31,34H,24H2,1H3. The molecular formula is C34H28N3S. The van der Waals surface area contributed by atoms with E-state index < -0.39 is 0 Å². The minimum Gasteiger partial charge on any atom is -0.237 e. The number of fused-ring (bicyclic) bond motifs is 1. The first-order valence-corrected chi connectivity index (χ1v) is 14.1. The monoisotopic (exact) mass is 510 g/mol. The van der Waals surface area contributed by atoms with Gasteiger partial charge in [-0.05, 0) is 70.8 Å². The lowest BCUT2D eigenvalue weighted by Crippen LogP contribution is -2.22. The highest BCUT2D eigenvalue weighted by Crippen LogP contribution is 2.39. The minimum absolute atomic E-state index is 0.0399. The third kappa shape index (κ3) is 5.00. The van der Waals surface area contributed by atoms with Crippen LogP contribution in [0.4, 0.5) is 0 Å². The second kappa shape index (κ2) is 11.1. The van der Waals surface area contributed by atoms with Crippen molar-refractivity contribution in [2.45, 2.75) is 23.3 Å². The summed E-state index contributed by atoms with van der Waals surface area (Å²) < 4.78 is 2.12. The van der Waals surface area contributed by atoms with E-state index in [1.807, 2.05) is 24.3 Å². The van der Waals surface area contributed by atoms with Gasteiger partial charge in [-0.3, -0.25) is 0 Å². The molecule has 0 saturated carbocycles. The first kappa shape index (κ1) is 24.2. The van der Waals surface area contributed by atoms with Crippen LogP contribution in [-0.4, -0.2) is 21.2 Å². The molecule has 2 unspecified atom stereocenters. The van der Waals surface area contributed by atoms with Crippen molar-refractivity contribution >= 4 is 22.8 Å². The summed E-state index contributed by atoms with van der Waals surface area (Å²) in [5, 5.41) is 9.25. The number of nitrogens with zero attached hydrogens (tertiary/aromatic N) is 3. The van der Waals surface area contributed by atoms with Gasteiger partial charge >= 0.3 is 0 Å². The number of aromatic nitrogens is 3. The van der Waals surface area contributed by atoms with Crippen LogP contribution in [-0.2, 0) is 6.42 Å². The molecule has 4 heteroatoms. The number of thioether (sulfide) groups is 1. The van der Waals surface area contributed by atoms with Crippen LogP contribution in [0.15, 0.2) is 132 Å². The minimum atomic E-state index is -0.0399. The Bertz CT molecular complexity index is 1610. The Balaban J connectivity index is 1.48. The number of rotatable bonds is 8. The van der Waals surface area contributed by atoms with E-state index in [2.05, 4.69) is 125 Å². The zero-order valence-corrected chi connectivity index (χ0v) is 22.1. The molecule has 5 aromatic carbocycles. The zero-order valence-electron chi connectivity index (χ0n) is 21.2. The average Bonchev–Trinajstić information content (AvgIpc) is 3.42. The lowest BCUT2D eigenvalue weighted by Gasteiger charge is -2.29. The van der Waals surface area contributed by atoms with Crippen LogP contribution in [0.25, 0.3) is 22.2 Å². The number of benzene rings is 5. The van der Waals surface area contributed by atoms with Crippen molar-refractivity contribution in [1.29, 1.82) is 0 Å². The van der Waals surface area contributed by atoms with Crippen LogP contribution < -0.4 is 0 Å². The van der Waals surface area contributed by atoms with Crippen molar-refractivity contribution in [2.24, 2.45) is 0 Å². The van der Waals surface area contributed by atoms with Crippen LogP contribution in [0.1, 0.15) is 28.7 Å². The zero-order chi connectivity index (χ0) is 25.7. The molecule has 0 aliphatic heterocycles. The molecule has 0 aliphatic carbocycles. The van der Waals surface area contributed by atoms with Gasteiger partial charge in [0.15, 0.2) is 0 Å². The van der Waals surface area contributed by atoms with Crippen LogP contribution in [0.5, 0.6) is 0 Å². The molecule has 3 nitrogen and oxygen atoms in total. The Hall–Kier alpha value is -4.15. The lowest BCUT2D eigenvalue weighted by molar-refractivity contribution is 0.433. The van der Waals surface area contributed by atoms with Crippen LogP contribution in [0.2, 0.25) is 0 Å². The van der Waals surface area contributed by atoms with E-state index in [0.717, 1.165) is 17.5 Å². The molecule has 1 heterocycles. The molecule has 2 atom stereocenters. The first-order chi connectivity index (χ1) is 18.8. The Morgan fingerprint density at radius 3 is 2.08 bits per heavy atom. The molecule has 0 saturated heterocycles. The van der Waals surface area contributed by atoms with E-state index in [1.54, 1.807) is 11.8 Å². The Kier molecular flexibility index (Phi) is 7.05. The van der Waals surface area contributed by atoms with Gasteiger partial charge < -0.3 is 0 Å². The molecule has 185 valence electrons. The van der Waals surface area contributed by atoms with Gasteiger partial charge in [-0.2, -0.15) is 0 Å². The summed E-state index contributed by atoms with van der Waals surface area (Å²) in [7, 11) is 0. The Morgan fingerprint density at radius 2 is 1.37 bits per heavy atom. The van der Waals surface area contributed by atoms with Crippen LogP contribution in [0.3, 0.4) is 0 Å². The van der Waals surface area contributed by atoms with E-state index in [9.17, 15) is 0 Å². The highest BCUT2D eigenvalue weighted by molar-refractivity contribution is 7.98. The first-order valence-electron chi connectivity index (χ1n) is 12.8. The molecule has 0 bridgehead atoms. The van der Waals surface area contributed by atoms with Gasteiger partial charge in [0.05, 0.1) is 11.6 Å². The molecule has 0 aliphatic rings. The van der Waals surface area contributed by atoms with Gasteiger partial charge in [-0.15, -0.1) is 16.9 Å². The summed E-state index contributed by atoms with van der Waals surface area (Å²) in [6, 6.07) is 48.2. The molecule has 0 amide bonds. The maximum Gasteiger partial charge on any atom is 0.113 e. The molecule has 38 heavy (non-hydrogen) atoms. The fourth-order valence-corrected chi connectivity index (χ4v) is 5.62. The lowest BCUT2D eigenvalue weighted by atomic mass is 9.82. The normalized spacial score (nSPS) is 12.9. The third-order valence-electron chi connectivity index (χ3n) is 7.17. The van der Waals surface area contributed by atoms with Crippen molar-refractivity contribution in [3.8, 4) is 11.1 Å². The fourth-order valence-electron chi connectivity index (χ4n) is 5.22. The van der Waals surface area contributed by atoms with Crippen LogP contribution in [0, 0.1) is 6.07 Å². The van der Waals surface area contributed by atoms with Crippen LogP contribution >= 0.6 is 11.8 Å². The second-order valence-corrected chi connectivity index (χ2v) is 10.3. The Labute approximate surface area is 228 Å². The topological polar surface area (TPSA) is 30.7 Å². The van der Waals surface area contributed by atoms with Crippen molar-refractivity contribution in [3.05, 3.63) is 150 Å². The molecule has 0 spiro atoms. The van der Waals surface area contributed by atoms with E-state index in [-0.39, 0.29) is 12.0 Å². The summed E-state index contributed by atoms with van der Waals surface area (Å²) in [5.74, 6) is 0.149. The summed E-state index contributed by atoms with van der Waals surface area (Å²) in [5.41, 5.74) is 8.14. The van der Waals surface area contributed by atoms with Gasteiger partial charge in [-0.1, -0.05) is 108 Å². The summed E-state index contributed by atoms with van der Waals surface area (Å²) in [6.45, 7) is 0. The largest absolute Gasteiger partial charge is 0.237 e. The molecule has 1 radical (unpaired) electrons. The number of para-hydroxylation sites is 1. The molecule has 0 fully saturated rings. The van der Waals surface area contributed by atoms with Gasteiger partial charge in [0.1, 0.15) is 5.52 Å². The van der Waals surface area contributed by atoms with Gasteiger partial charge in [0.2, 0.25) is 0 Å². The molecule has 6 rings (SSSR count). The predicted molar refractivity (Wildman–Crippen MR) is 157 cm³/mol. The maximum atomic E-state index is 4.72. The highest BCUT2D eigenvalue weighted by atomic mass is 32.2. The SMILES string of the molecule is CSc1ccc(-c2ccc(C(C(Cc3cc[c]cc3)c3ccccc3)n3nnc4ccccc43)cc2)cc1. The van der Waals surface area contributed by atoms with Gasteiger partial charge in [0.25, 0.3) is 0 Å². The van der Waals surface area contributed by atoms with Gasteiger partial charge in [0, 0.05) is 10.8 Å². The third-order valence-corrected chi connectivity index (χ3v) is 7.91. The van der Waals surface area contributed by atoms with E-state index >= 15 is 0 Å². The number of hydrogen-bond acceptors (Lipinski definition) is 3. The summed E-state index contributed by atoms with van der Waals surface area (Å²) in [6.07, 6.45) is 2.98. The van der Waals surface area contributed by atoms with Crippen molar-refractivity contribution in [3.63, 3.8) is 0 Å². The molecule has 6 aromatic rings. The summed E-state index contributed by atoms with van der Waals surface area (Å²) in [4.78, 5) is 1.27. The average molecular weight is 511 g/mol. The summed E-state index contributed by atoms with van der Waals surface area (Å²) >= 11 is 1.76. The molecule has 1 aromatic heterocycles. The predicted octanol–water partition coefficient (Wildman–Crippen LogP) is 8.24. The van der Waals surface area contributed by atoms with Gasteiger partial charge in [-0.25, -0.2) is 4.68 Å². The van der Waals surface area contributed by atoms with E-state index in [4.69, 9.17) is 5.21 Å². The fraction of sp³-hybridized carbons (Fsp3) is 0.118. The quantitative estimate of drug-likeness (QED) is 0.193. The highest BCUT2D eigenvalue weighted by Gasteiger charge is 2.29.